The van der Waals surface area contributed by atoms with Crippen molar-refractivity contribution in [1.82, 2.24) is 4.98 Å². The molecule has 4 nitrogen and oxygen atoms in total. The Kier molecular flexibility index (Phi) is 2.95. The average Bonchev–Trinajstić information content (AvgIpc) is 2.01. The Morgan fingerprint density at radius 3 is 2.71 bits per heavy atom. The van der Waals surface area contributed by atoms with Gasteiger partial charge < -0.3 is 9.84 Å². The summed E-state index contributed by atoms with van der Waals surface area (Å²) in [5.41, 5.74) is 0.287. The molecule has 0 atom stereocenters. The topological polar surface area (TPSA) is 59.4 Å². The molecule has 0 aliphatic heterocycles. The van der Waals surface area contributed by atoms with Crippen molar-refractivity contribution in [2.75, 3.05) is 0 Å². The highest BCUT2D eigenvalue weighted by atomic mass is 19.3. The fraction of sp³-hybridized carbons (Fsp3) is 0.250. The molecule has 1 N–H and O–H groups in total. The zero-order valence-electron chi connectivity index (χ0n) is 7.20. The maximum atomic E-state index is 11.7. The molecule has 0 saturated carbocycles. The van der Waals surface area contributed by atoms with Gasteiger partial charge in [0.05, 0.1) is 5.56 Å². The summed E-state index contributed by atoms with van der Waals surface area (Å²) in [6, 6.07) is 1.15. The van der Waals surface area contributed by atoms with Gasteiger partial charge in [0, 0.05) is 12.3 Å². The van der Waals surface area contributed by atoms with Crippen LogP contribution >= 0.6 is 0 Å². The van der Waals surface area contributed by atoms with E-state index in [9.17, 15) is 13.6 Å². The number of ether oxygens (including phenoxy) is 1. The van der Waals surface area contributed by atoms with Gasteiger partial charge in [0.1, 0.15) is 0 Å². The predicted octanol–water partition coefficient (Wildman–Crippen LogP) is 1.69. The summed E-state index contributed by atoms with van der Waals surface area (Å²) in [4.78, 5) is 13.9. The van der Waals surface area contributed by atoms with Crippen LogP contribution in [0.2, 0.25) is 0 Å². The highest BCUT2D eigenvalue weighted by molar-refractivity contribution is 5.88. The second-order valence-corrected chi connectivity index (χ2v) is 2.52. The van der Waals surface area contributed by atoms with E-state index >= 15 is 0 Å². The number of hydrogen-bond acceptors (Lipinski definition) is 3. The Morgan fingerprint density at radius 1 is 1.64 bits per heavy atom. The van der Waals surface area contributed by atoms with Crippen LogP contribution < -0.4 is 4.74 Å². The molecule has 0 amide bonds. The molecule has 1 aromatic heterocycles. The molecule has 0 unspecified atom stereocenters. The van der Waals surface area contributed by atoms with E-state index in [1.807, 2.05) is 0 Å². The van der Waals surface area contributed by atoms with Gasteiger partial charge in [-0.25, -0.2) is 9.78 Å². The number of rotatable bonds is 3. The number of halogens is 2. The van der Waals surface area contributed by atoms with Crippen LogP contribution in [0.5, 0.6) is 5.88 Å². The Hall–Kier alpha value is -1.72. The van der Waals surface area contributed by atoms with Gasteiger partial charge in [-0.15, -0.1) is 0 Å². The van der Waals surface area contributed by atoms with Gasteiger partial charge in [-0.05, 0) is 12.5 Å². The fourth-order valence-corrected chi connectivity index (χ4v) is 0.910. The van der Waals surface area contributed by atoms with E-state index in [0.29, 0.717) is 5.56 Å². The Balaban J connectivity index is 2.94. The largest absolute Gasteiger partial charge is 0.478 e. The molecule has 1 rings (SSSR count). The second kappa shape index (κ2) is 3.99. The van der Waals surface area contributed by atoms with Crippen molar-refractivity contribution < 1.29 is 23.4 Å². The highest BCUT2D eigenvalue weighted by Gasteiger charge is 2.11. The number of pyridine rings is 1. The van der Waals surface area contributed by atoms with Gasteiger partial charge in [0.2, 0.25) is 5.88 Å². The summed E-state index contributed by atoms with van der Waals surface area (Å²) in [6.45, 7) is -1.48. The monoisotopic (exact) mass is 203 g/mol. The fourth-order valence-electron chi connectivity index (χ4n) is 0.910. The standard InChI is InChI=1S/C8H7F2NO3/c1-4-2-6(14-8(9)10)11-3-5(4)7(12)13/h2-3,8H,1H3,(H,12,13). The quantitative estimate of drug-likeness (QED) is 0.811. The van der Waals surface area contributed by atoms with Crippen LogP contribution in [-0.2, 0) is 0 Å². The van der Waals surface area contributed by atoms with Crippen molar-refractivity contribution in [2.45, 2.75) is 13.5 Å². The molecule has 0 bridgehead atoms. The van der Waals surface area contributed by atoms with E-state index in [4.69, 9.17) is 5.11 Å². The molecular weight excluding hydrogens is 196 g/mol. The molecule has 0 aliphatic rings. The Morgan fingerprint density at radius 2 is 2.29 bits per heavy atom. The normalized spacial score (nSPS) is 10.3. The third-order valence-corrected chi connectivity index (χ3v) is 1.53. The van der Waals surface area contributed by atoms with Crippen molar-refractivity contribution in [3.05, 3.63) is 23.4 Å². The van der Waals surface area contributed by atoms with Crippen LogP contribution in [0.4, 0.5) is 8.78 Å². The first-order valence-electron chi connectivity index (χ1n) is 3.65. The second-order valence-electron chi connectivity index (χ2n) is 2.52. The average molecular weight is 203 g/mol. The summed E-state index contributed by atoms with van der Waals surface area (Å²) >= 11 is 0. The van der Waals surface area contributed by atoms with E-state index < -0.39 is 12.6 Å². The summed E-state index contributed by atoms with van der Waals surface area (Å²) in [5.74, 6) is -1.44. The van der Waals surface area contributed by atoms with E-state index in [2.05, 4.69) is 9.72 Å². The molecule has 0 aliphatic carbocycles. The predicted molar refractivity (Wildman–Crippen MR) is 42.6 cm³/mol. The van der Waals surface area contributed by atoms with Crippen LogP contribution in [0.1, 0.15) is 15.9 Å². The third kappa shape index (κ3) is 2.38. The number of nitrogens with zero attached hydrogens (tertiary/aromatic N) is 1. The van der Waals surface area contributed by atoms with Crippen LogP contribution in [-0.4, -0.2) is 22.7 Å². The Labute approximate surface area is 78.1 Å². The lowest BCUT2D eigenvalue weighted by atomic mass is 10.2. The van der Waals surface area contributed by atoms with Crippen molar-refractivity contribution >= 4 is 5.97 Å². The van der Waals surface area contributed by atoms with Gasteiger partial charge in [-0.1, -0.05) is 0 Å². The first-order valence-corrected chi connectivity index (χ1v) is 3.65. The zero-order valence-corrected chi connectivity index (χ0v) is 7.20. The summed E-state index contributed by atoms with van der Waals surface area (Å²) in [5, 5.41) is 8.61. The zero-order chi connectivity index (χ0) is 10.7. The number of aryl methyl sites for hydroxylation is 1. The first kappa shape index (κ1) is 10.4. The van der Waals surface area contributed by atoms with E-state index in [-0.39, 0.29) is 11.4 Å². The number of carboxylic acids is 1. The SMILES string of the molecule is Cc1cc(OC(F)F)ncc1C(=O)O. The minimum Gasteiger partial charge on any atom is -0.478 e. The smallest absolute Gasteiger partial charge is 0.388 e. The number of alkyl halides is 2. The molecule has 0 spiro atoms. The minimum atomic E-state index is -2.96. The van der Waals surface area contributed by atoms with Crippen LogP contribution in [0, 0.1) is 6.92 Å². The summed E-state index contributed by atoms with van der Waals surface area (Å²) in [7, 11) is 0. The molecule has 0 fully saturated rings. The molecule has 14 heavy (non-hydrogen) atoms. The van der Waals surface area contributed by atoms with Crippen molar-refractivity contribution in [3.63, 3.8) is 0 Å². The van der Waals surface area contributed by atoms with Gasteiger partial charge in [0.15, 0.2) is 0 Å². The first-order chi connectivity index (χ1) is 6.50. The molecule has 1 heterocycles. The minimum absolute atomic E-state index is 0.0355. The van der Waals surface area contributed by atoms with Crippen LogP contribution in [0.3, 0.4) is 0 Å². The third-order valence-electron chi connectivity index (χ3n) is 1.53. The van der Waals surface area contributed by atoms with E-state index in [1.165, 1.54) is 6.92 Å². The number of aromatic carboxylic acids is 1. The van der Waals surface area contributed by atoms with Crippen LogP contribution in [0.25, 0.3) is 0 Å². The lowest BCUT2D eigenvalue weighted by Gasteiger charge is -2.05. The summed E-state index contributed by atoms with van der Waals surface area (Å²) < 4.78 is 27.5. The Bertz CT molecular complexity index is 354. The molecule has 1 aromatic rings. The lowest BCUT2D eigenvalue weighted by molar-refractivity contribution is -0.0528. The number of aromatic nitrogens is 1. The van der Waals surface area contributed by atoms with Gasteiger partial charge in [-0.2, -0.15) is 8.78 Å². The number of hydrogen-bond donors (Lipinski definition) is 1. The van der Waals surface area contributed by atoms with Crippen LogP contribution in [0.15, 0.2) is 12.3 Å². The molecule has 76 valence electrons. The maximum absolute atomic E-state index is 11.7. The molecule has 0 saturated heterocycles. The maximum Gasteiger partial charge on any atom is 0.388 e. The molecule has 6 heteroatoms. The lowest BCUT2D eigenvalue weighted by Crippen LogP contribution is -2.06. The van der Waals surface area contributed by atoms with E-state index in [0.717, 1.165) is 12.3 Å². The van der Waals surface area contributed by atoms with Gasteiger partial charge in [0.25, 0.3) is 0 Å². The van der Waals surface area contributed by atoms with Crippen molar-refractivity contribution in [3.8, 4) is 5.88 Å². The molecule has 0 radical (unpaired) electrons. The number of carboxylic acid groups (broad SMARTS) is 1. The van der Waals surface area contributed by atoms with Gasteiger partial charge >= 0.3 is 12.6 Å². The highest BCUT2D eigenvalue weighted by Crippen LogP contribution is 2.15. The van der Waals surface area contributed by atoms with Crippen molar-refractivity contribution in [2.24, 2.45) is 0 Å². The molecular formula is C8H7F2NO3. The van der Waals surface area contributed by atoms with E-state index in [1.54, 1.807) is 0 Å². The van der Waals surface area contributed by atoms with Crippen molar-refractivity contribution in [1.29, 1.82) is 0 Å². The summed E-state index contributed by atoms with van der Waals surface area (Å²) in [6.07, 6.45) is 0.982. The van der Waals surface area contributed by atoms with Gasteiger partial charge in [-0.3, -0.25) is 0 Å². The number of carbonyl (C=O) groups is 1. The molecule has 0 aromatic carbocycles.